The summed E-state index contributed by atoms with van der Waals surface area (Å²) in [6.45, 7) is 0.596. The van der Waals surface area contributed by atoms with Gasteiger partial charge in [0.15, 0.2) is 0 Å². The van der Waals surface area contributed by atoms with Crippen molar-refractivity contribution in [1.29, 1.82) is 0 Å². The van der Waals surface area contributed by atoms with Gasteiger partial charge in [0.05, 0.1) is 0 Å². The molecule has 0 radical (unpaired) electrons. The van der Waals surface area contributed by atoms with Crippen LogP contribution in [0.15, 0.2) is 54.6 Å². The number of para-hydroxylation sites is 1. The molecule has 3 rings (SSSR count). The van der Waals surface area contributed by atoms with Crippen molar-refractivity contribution in [3.8, 4) is 11.1 Å². The molecule has 0 bridgehead atoms. The molecule has 3 heteroatoms. The summed E-state index contributed by atoms with van der Waals surface area (Å²) < 4.78 is 0. The summed E-state index contributed by atoms with van der Waals surface area (Å²) in [5, 5.41) is 3.12. The van der Waals surface area contributed by atoms with E-state index in [4.69, 9.17) is 5.73 Å². The highest BCUT2D eigenvalue weighted by molar-refractivity contribution is 5.97. The van der Waals surface area contributed by atoms with Gasteiger partial charge in [-0.3, -0.25) is 4.79 Å². The molecule has 0 aromatic heterocycles. The second-order valence-corrected chi connectivity index (χ2v) is 5.93. The molecule has 1 saturated carbocycles. The molecule has 0 heterocycles. The minimum absolute atomic E-state index is 0.0498. The van der Waals surface area contributed by atoms with E-state index in [-0.39, 0.29) is 11.8 Å². The number of anilines is 1. The number of hydrogen-bond acceptors (Lipinski definition) is 2. The Balaban J connectivity index is 1.83. The van der Waals surface area contributed by atoms with E-state index in [1.807, 2.05) is 42.5 Å². The van der Waals surface area contributed by atoms with Gasteiger partial charge in [-0.2, -0.15) is 0 Å². The lowest BCUT2D eigenvalue weighted by Gasteiger charge is -2.19. The predicted octanol–water partition coefficient (Wildman–Crippen LogP) is 3.67. The summed E-state index contributed by atoms with van der Waals surface area (Å²) >= 11 is 0. The first kappa shape index (κ1) is 14.8. The molecular weight excluding hydrogens is 272 g/mol. The van der Waals surface area contributed by atoms with Crippen LogP contribution < -0.4 is 11.1 Å². The molecule has 2 aromatic carbocycles. The van der Waals surface area contributed by atoms with Crippen LogP contribution in [0, 0.1) is 11.8 Å². The Morgan fingerprint density at radius 2 is 1.77 bits per heavy atom. The largest absolute Gasteiger partial charge is 0.330 e. The SMILES string of the molecule is NC[C@H]1CCC[C@H]1C(=O)Nc1ccccc1-c1ccccc1. The minimum atomic E-state index is 0.0498. The lowest BCUT2D eigenvalue weighted by atomic mass is 9.95. The van der Waals surface area contributed by atoms with Crippen LogP contribution in [0.4, 0.5) is 5.69 Å². The first-order valence-corrected chi connectivity index (χ1v) is 7.95. The first-order chi connectivity index (χ1) is 10.8. The number of carbonyl (C=O) groups excluding carboxylic acids is 1. The third kappa shape index (κ3) is 3.04. The number of nitrogens with one attached hydrogen (secondary N) is 1. The van der Waals surface area contributed by atoms with Crippen molar-refractivity contribution in [2.75, 3.05) is 11.9 Å². The van der Waals surface area contributed by atoms with Gasteiger partial charge in [-0.1, -0.05) is 55.0 Å². The average molecular weight is 294 g/mol. The predicted molar refractivity (Wildman–Crippen MR) is 90.4 cm³/mol. The van der Waals surface area contributed by atoms with E-state index in [0.717, 1.165) is 36.1 Å². The second kappa shape index (κ2) is 6.75. The maximum atomic E-state index is 12.6. The van der Waals surface area contributed by atoms with Gasteiger partial charge >= 0.3 is 0 Å². The lowest BCUT2D eigenvalue weighted by molar-refractivity contribution is -0.120. The third-order valence-corrected chi connectivity index (χ3v) is 4.57. The Hall–Kier alpha value is -2.13. The summed E-state index contributed by atoms with van der Waals surface area (Å²) in [7, 11) is 0. The number of nitrogens with two attached hydrogens (primary N) is 1. The van der Waals surface area contributed by atoms with Gasteiger partial charge in [0.2, 0.25) is 5.91 Å². The van der Waals surface area contributed by atoms with Crippen LogP contribution in [0.5, 0.6) is 0 Å². The van der Waals surface area contributed by atoms with Gasteiger partial charge in [-0.25, -0.2) is 0 Å². The molecule has 114 valence electrons. The van der Waals surface area contributed by atoms with Crippen molar-refractivity contribution >= 4 is 11.6 Å². The average Bonchev–Trinajstić information content (AvgIpc) is 3.05. The molecule has 1 fully saturated rings. The minimum Gasteiger partial charge on any atom is -0.330 e. The molecule has 2 atom stereocenters. The number of benzene rings is 2. The molecule has 1 aliphatic rings. The van der Waals surface area contributed by atoms with Crippen LogP contribution in [0.25, 0.3) is 11.1 Å². The van der Waals surface area contributed by atoms with E-state index in [1.165, 1.54) is 0 Å². The molecule has 2 aromatic rings. The molecule has 1 aliphatic carbocycles. The highest BCUT2D eigenvalue weighted by atomic mass is 16.1. The Morgan fingerprint density at radius 1 is 1.05 bits per heavy atom. The Kier molecular flexibility index (Phi) is 4.54. The Morgan fingerprint density at radius 3 is 2.55 bits per heavy atom. The van der Waals surface area contributed by atoms with E-state index in [2.05, 4.69) is 17.4 Å². The van der Waals surface area contributed by atoms with Crippen LogP contribution in [-0.2, 0) is 4.79 Å². The highest BCUT2D eigenvalue weighted by Gasteiger charge is 2.32. The maximum absolute atomic E-state index is 12.6. The summed E-state index contributed by atoms with van der Waals surface area (Å²) in [4.78, 5) is 12.6. The van der Waals surface area contributed by atoms with E-state index >= 15 is 0 Å². The zero-order valence-electron chi connectivity index (χ0n) is 12.7. The molecule has 0 spiro atoms. The summed E-state index contributed by atoms with van der Waals surface area (Å²) in [5.74, 6) is 0.481. The maximum Gasteiger partial charge on any atom is 0.227 e. The Labute approximate surface area is 131 Å². The Bertz CT molecular complexity index is 639. The topological polar surface area (TPSA) is 55.1 Å². The van der Waals surface area contributed by atoms with Gasteiger partial charge in [-0.05, 0) is 36.9 Å². The zero-order valence-corrected chi connectivity index (χ0v) is 12.7. The molecule has 1 amide bonds. The molecule has 0 aliphatic heterocycles. The van der Waals surface area contributed by atoms with Gasteiger partial charge in [-0.15, -0.1) is 0 Å². The van der Waals surface area contributed by atoms with E-state index in [0.29, 0.717) is 12.5 Å². The smallest absolute Gasteiger partial charge is 0.227 e. The molecule has 0 saturated heterocycles. The number of carbonyl (C=O) groups is 1. The second-order valence-electron chi connectivity index (χ2n) is 5.93. The van der Waals surface area contributed by atoms with Gasteiger partial charge in [0.25, 0.3) is 0 Å². The molecule has 0 unspecified atom stereocenters. The normalized spacial score (nSPS) is 20.8. The number of hydrogen-bond donors (Lipinski definition) is 2. The van der Waals surface area contributed by atoms with Crippen molar-refractivity contribution in [1.82, 2.24) is 0 Å². The van der Waals surface area contributed by atoms with Gasteiger partial charge in [0.1, 0.15) is 0 Å². The summed E-state index contributed by atoms with van der Waals surface area (Å²) in [6, 6.07) is 18.1. The van der Waals surface area contributed by atoms with E-state index < -0.39 is 0 Å². The van der Waals surface area contributed by atoms with Crippen LogP contribution in [0.2, 0.25) is 0 Å². The van der Waals surface area contributed by atoms with Crippen molar-refractivity contribution in [2.24, 2.45) is 17.6 Å². The van der Waals surface area contributed by atoms with Crippen molar-refractivity contribution in [3.05, 3.63) is 54.6 Å². The molecule has 3 nitrogen and oxygen atoms in total. The quantitative estimate of drug-likeness (QED) is 0.904. The molecule has 22 heavy (non-hydrogen) atoms. The van der Waals surface area contributed by atoms with Crippen LogP contribution in [0.1, 0.15) is 19.3 Å². The summed E-state index contributed by atoms with van der Waals surface area (Å²) in [5.41, 5.74) is 8.84. The fraction of sp³-hybridized carbons (Fsp3) is 0.316. The van der Waals surface area contributed by atoms with E-state index in [9.17, 15) is 4.79 Å². The fourth-order valence-electron chi connectivity index (χ4n) is 3.35. The highest BCUT2D eigenvalue weighted by Crippen LogP contribution is 2.33. The van der Waals surface area contributed by atoms with Gasteiger partial charge in [0, 0.05) is 17.2 Å². The van der Waals surface area contributed by atoms with Crippen LogP contribution in [-0.4, -0.2) is 12.5 Å². The van der Waals surface area contributed by atoms with Crippen LogP contribution in [0.3, 0.4) is 0 Å². The van der Waals surface area contributed by atoms with Crippen molar-refractivity contribution in [3.63, 3.8) is 0 Å². The standard InChI is InChI=1S/C19H22N2O/c20-13-15-9-6-11-17(15)19(22)21-18-12-5-4-10-16(18)14-7-2-1-3-8-14/h1-5,7-8,10,12,15,17H,6,9,11,13,20H2,(H,21,22)/t15-,17-/m1/s1. The monoisotopic (exact) mass is 294 g/mol. The lowest BCUT2D eigenvalue weighted by Crippen LogP contribution is -2.29. The molecular formula is C19H22N2O. The van der Waals surface area contributed by atoms with Crippen molar-refractivity contribution < 1.29 is 4.79 Å². The van der Waals surface area contributed by atoms with Gasteiger partial charge < -0.3 is 11.1 Å². The number of amides is 1. The van der Waals surface area contributed by atoms with Crippen LogP contribution >= 0.6 is 0 Å². The first-order valence-electron chi connectivity index (χ1n) is 7.95. The summed E-state index contributed by atoms with van der Waals surface area (Å²) in [6.07, 6.45) is 3.11. The zero-order chi connectivity index (χ0) is 15.4. The number of rotatable bonds is 4. The molecule has 3 N–H and O–H groups in total. The third-order valence-electron chi connectivity index (χ3n) is 4.57. The van der Waals surface area contributed by atoms with Crippen molar-refractivity contribution in [2.45, 2.75) is 19.3 Å². The van der Waals surface area contributed by atoms with E-state index in [1.54, 1.807) is 0 Å². The fourth-order valence-corrected chi connectivity index (χ4v) is 3.35.